The van der Waals surface area contributed by atoms with Crippen LogP contribution >= 0.6 is 0 Å². The number of hydrogen-bond acceptors (Lipinski definition) is 5. The zero-order valence-corrected chi connectivity index (χ0v) is 15.0. The van der Waals surface area contributed by atoms with Crippen LogP contribution in [0.5, 0.6) is 0 Å². The lowest BCUT2D eigenvalue weighted by molar-refractivity contribution is -0.385. The van der Waals surface area contributed by atoms with Gasteiger partial charge in [-0.25, -0.2) is 4.98 Å². The number of likely N-dealkylation sites (tertiary alicyclic amines) is 1. The topological polar surface area (TPSA) is 106 Å². The molecule has 0 radical (unpaired) electrons. The van der Waals surface area contributed by atoms with Crippen molar-refractivity contribution < 1.29 is 4.92 Å². The molecule has 0 bridgehead atoms. The highest BCUT2D eigenvalue weighted by Gasteiger charge is 2.28. The lowest BCUT2D eigenvalue weighted by Crippen LogP contribution is -2.49. The average Bonchev–Trinajstić information content (AvgIpc) is 3.31. The first kappa shape index (κ1) is 17.9. The number of aromatic nitrogens is 4. The second-order valence-corrected chi connectivity index (χ2v) is 6.48. The summed E-state index contributed by atoms with van der Waals surface area (Å²) in [5, 5.41) is 18.0. The van der Waals surface area contributed by atoms with E-state index < -0.39 is 4.92 Å². The number of nitrogens with one attached hydrogen (secondary N) is 1. The highest BCUT2D eigenvalue weighted by Crippen LogP contribution is 2.27. The highest BCUT2D eigenvalue weighted by atomic mass is 16.6. The van der Waals surface area contributed by atoms with Crippen molar-refractivity contribution in [2.24, 2.45) is 10.9 Å². The standard InChI is InChI=1S/C16H24N8O2/c1-13-3-6-21(11-15(13)22-7-4-18-12-22)16(17-2)19-5-8-23-10-14(9-20-23)24(25)26/h4,7,9-10,12-13,15H,3,5-6,8,11H2,1-2H3,(H,17,19). The van der Waals surface area contributed by atoms with Gasteiger partial charge in [-0.2, -0.15) is 5.10 Å². The van der Waals surface area contributed by atoms with Crippen molar-refractivity contribution in [3.63, 3.8) is 0 Å². The van der Waals surface area contributed by atoms with Crippen LogP contribution in [0.2, 0.25) is 0 Å². The summed E-state index contributed by atoms with van der Waals surface area (Å²) in [5.74, 6) is 1.41. The van der Waals surface area contributed by atoms with E-state index in [1.165, 1.54) is 12.4 Å². The molecule has 2 atom stereocenters. The Labute approximate surface area is 151 Å². The number of nitrogens with zero attached hydrogens (tertiary/aromatic N) is 7. The van der Waals surface area contributed by atoms with Gasteiger partial charge in [-0.05, 0) is 12.3 Å². The highest BCUT2D eigenvalue weighted by molar-refractivity contribution is 5.80. The van der Waals surface area contributed by atoms with E-state index in [1.807, 2.05) is 18.7 Å². The third kappa shape index (κ3) is 4.01. The molecule has 3 rings (SSSR count). The van der Waals surface area contributed by atoms with Crippen LogP contribution in [0.3, 0.4) is 0 Å². The number of hydrogen-bond donors (Lipinski definition) is 1. The summed E-state index contributed by atoms with van der Waals surface area (Å²) in [6.45, 7) is 5.20. The molecule has 1 fully saturated rings. The van der Waals surface area contributed by atoms with Crippen molar-refractivity contribution in [1.82, 2.24) is 29.5 Å². The molecule has 0 spiro atoms. The minimum atomic E-state index is -0.443. The van der Waals surface area contributed by atoms with E-state index in [0.29, 0.717) is 25.0 Å². The Bertz CT molecular complexity index is 754. The molecule has 3 heterocycles. The number of imidazole rings is 1. The molecule has 1 aliphatic heterocycles. The summed E-state index contributed by atoms with van der Waals surface area (Å²) >= 11 is 0. The van der Waals surface area contributed by atoms with Crippen molar-refractivity contribution in [3.05, 3.63) is 41.2 Å². The Morgan fingerprint density at radius 1 is 1.54 bits per heavy atom. The van der Waals surface area contributed by atoms with Gasteiger partial charge in [0.15, 0.2) is 5.96 Å². The number of aliphatic imine (C=N–C) groups is 1. The Hall–Kier alpha value is -2.91. The Morgan fingerprint density at radius 3 is 3.04 bits per heavy atom. The molecule has 1 saturated heterocycles. The van der Waals surface area contributed by atoms with E-state index in [2.05, 4.69) is 36.8 Å². The molecule has 10 heteroatoms. The molecule has 0 saturated carbocycles. The van der Waals surface area contributed by atoms with Crippen LogP contribution in [0.25, 0.3) is 0 Å². The zero-order valence-electron chi connectivity index (χ0n) is 15.0. The van der Waals surface area contributed by atoms with Crippen LogP contribution in [-0.2, 0) is 6.54 Å². The summed E-state index contributed by atoms with van der Waals surface area (Å²) in [7, 11) is 1.77. The van der Waals surface area contributed by atoms with Gasteiger partial charge in [0.1, 0.15) is 12.4 Å². The van der Waals surface area contributed by atoms with Gasteiger partial charge in [-0.15, -0.1) is 0 Å². The van der Waals surface area contributed by atoms with E-state index in [0.717, 1.165) is 25.5 Å². The molecule has 10 nitrogen and oxygen atoms in total. The van der Waals surface area contributed by atoms with Gasteiger partial charge in [0.25, 0.3) is 0 Å². The van der Waals surface area contributed by atoms with Crippen LogP contribution < -0.4 is 5.32 Å². The maximum atomic E-state index is 10.7. The molecule has 26 heavy (non-hydrogen) atoms. The van der Waals surface area contributed by atoms with Gasteiger partial charge in [0.2, 0.25) is 0 Å². The molecular formula is C16H24N8O2. The molecule has 0 amide bonds. The second-order valence-electron chi connectivity index (χ2n) is 6.48. The van der Waals surface area contributed by atoms with E-state index in [1.54, 1.807) is 11.7 Å². The van der Waals surface area contributed by atoms with Gasteiger partial charge in [-0.3, -0.25) is 19.8 Å². The van der Waals surface area contributed by atoms with E-state index in [9.17, 15) is 10.1 Å². The number of rotatable bonds is 5. The third-order valence-corrected chi connectivity index (χ3v) is 4.79. The van der Waals surface area contributed by atoms with E-state index in [4.69, 9.17) is 0 Å². The number of nitro groups is 1. The van der Waals surface area contributed by atoms with Crippen molar-refractivity contribution in [3.8, 4) is 0 Å². The van der Waals surface area contributed by atoms with E-state index in [-0.39, 0.29) is 5.69 Å². The fourth-order valence-corrected chi connectivity index (χ4v) is 3.28. The molecule has 1 N–H and O–H groups in total. The van der Waals surface area contributed by atoms with E-state index >= 15 is 0 Å². The normalized spacial score (nSPS) is 21.0. The van der Waals surface area contributed by atoms with Gasteiger partial charge in [-0.1, -0.05) is 6.92 Å². The van der Waals surface area contributed by atoms with Crippen LogP contribution in [-0.4, -0.2) is 61.8 Å². The third-order valence-electron chi connectivity index (χ3n) is 4.79. The van der Waals surface area contributed by atoms with Crippen LogP contribution in [0.15, 0.2) is 36.1 Å². The minimum absolute atomic E-state index is 0.00238. The lowest BCUT2D eigenvalue weighted by atomic mass is 9.93. The predicted molar refractivity (Wildman–Crippen MR) is 96.9 cm³/mol. The molecule has 2 unspecified atom stereocenters. The lowest BCUT2D eigenvalue weighted by Gasteiger charge is -2.39. The first-order chi connectivity index (χ1) is 12.6. The smallest absolute Gasteiger partial charge is 0.306 e. The number of piperidine rings is 1. The maximum absolute atomic E-state index is 10.7. The van der Waals surface area contributed by atoms with Crippen LogP contribution in [0.1, 0.15) is 19.4 Å². The summed E-state index contributed by atoms with van der Waals surface area (Å²) < 4.78 is 3.72. The Balaban J connectivity index is 1.55. The van der Waals surface area contributed by atoms with Crippen molar-refractivity contribution in [1.29, 1.82) is 0 Å². The molecule has 0 aliphatic carbocycles. The van der Waals surface area contributed by atoms with Crippen molar-refractivity contribution in [2.75, 3.05) is 26.7 Å². The monoisotopic (exact) mass is 360 g/mol. The summed E-state index contributed by atoms with van der Waals surface area (Å²) in [6.07, 6.45) is 9.45. The first-order valence-corrected chi connectivity index (χ1v) is 8.68. The van der Waals surface area contributed by atoms with Crippen LogP contribution in [0, 0.1) is 16.0 Å². The number of guanidine groups is 1. The summed E-state index contributed by atoms with van der Waals surface area (Å²) in [6, 6.07) is 0.360. The second kappa shape index (κ2) is 7.98. The fourth-order valence-electron chi connectivity index (χ4n) is 3.28. The average molecular weight is 360 g/mol. The summed E-state index contributed by atoms with van der Waals surface area (Å²) in [5.41, 5.74) is 0.00238. The molecular weight excluding hydrogens is 336 g/mol. The molecule has 2 aromatic heterocycles. The summed E-state index contributed by atoms with van der Waals surface area (Å²) in [4.78, 5) is 21.1. The minimum Gasteiger partial charge on any atom is -0.354 e. The maximum Gasteiger partial charge on any atom is 0.306 e. The Kier molecular flexibility index (Phi) is 5.49. The molecule has 2 aromatic rings. The van der Waals surface area contributed by atoms with Gasteiger partial charge in [0.05, 0.1) is 23.8 Å². The largest absolute Gasteiger partial charge is 0.354 e. The van der Waals surface area contributed by atoms with Gasteiger partial charge in [0, 0.05) is 39.1 Å². The molecule has 140 valence electrons. The zero-order chi connectivity index (χ0) is 18.5. The van der Waals surface area contributed by atoms with Crippen LogP contribution in [0.4, 0.5) is 5.69 Å². The molecule has 0 aromatic carbocycles. The SMILES string of the molecule is CN=C(NCCn1cc([N+](=O)[O-])cn1)N1CCC(C)C(n2ccnc2)C1. The Morgan fingerprint density at radius 2 is 2.38 bits per heavy atom. The molecule has 1 aliphatic rings. The van der Waals surface area contributed by atoms with Crippen molar-refractivity contribution >= 4 is 11.6 Å². The fraction of sp³-hybridized carbons (Fsp3) is 0.562. The first-order valence-electron chi connectivity index (χ1n) is 8.68. The quantitative estimate of drug-likeness (QED) is 0.371. The van der Waals surface area contributed by atoms with Crippen molar-refractivity contribution in [2.45, 2.75) is 25.9 Å². The van der Waals surface area contributed by atoms with Gasteiger partial charge < -0.3 is 14.8 Å². The van der Waals surface area contributed by atoms with Gasteiger partial charge >= 0.3 is 5.69 Å². The predicted octanol–water partition coefficient (Wildman–Crippen LogP) is 1.15.